The molecule has 0 saturated heterocycles. The Kier molecular flexibility index (Phi) is 2.75. The molecular weight excluding hydrogens is 176 g/mol. The molecule has 0 spiro atoms. The standard InChI is InChI=1S/C8H11F2N3/c1-3-4-5-7-6-11-12-13(7)8(2,9)10/h3-4,6H,5H2,1-2H3/b4-3+. The van der Waals surface area contributed by atoms with Crippen LogP contribution in [0.2, 0.25) is 0 Å². The number of allylic oxidation sites excluding steroid dienone is 2. The van der Waals surface area contributed by atoms with Gasteiger partial charge in [-0.15, -0.1) is 5.10 Å². The third-order valence-corrected chi connectivity index (χ3v) is 1.55. The molecule has 0 aliphatic heterocycles. The van der Waals surface area contributed by atoms with Gasteiger partial charge in [-0.3, -0.25) is 0 Å². The molecule has 0 amide bonds. The first kappa shape index (κ1) is 9.83. The van der Waals surface area contributed by atoms with Gasteiger partial charge in [0.05, 0.1) is 11.9 Å². The van der Waals surface area contributed by atoms with Crippen molar-refractivity contribution in [2.45, 2.75) is 26.3 Å². The summed E-state index contributed by atoms with van der Waals surface area (Å²) in [6.45, 7) is 2.62. The molecule has 1 heterocycles. The SMILES string of the molecule is C/C=C/Cc1cnnn1C(C)(F)F. The van der Waals surface area contributed by atoms with E-state index in [1.165, 1.54) is 6.20 Å². The molecule has 0 radical (unpaired) electrons. The van der Waals surface area contributed by atoms with Gasteiger partial charge in [-0.2, -0.15) is 13.5 Å². The Morgan fingerprint density at radius 2 is 2.31 bits per heavy atom. The Hall–Kier alpha value is -1.26. The van der Waals surface area contributed by atoms with E-state index in [2.05, 4.69) is 10.3 Å². The number of hydrogen-bond donors (Lipinski definition) is 0. The van der Waals surface area contributed by atoms with Crippen LogP contribution in [0.15, 0.2) is 18.3 Å². The van der Waals surface area contributed by atoms with Crippen LogP contribution in [0, 0.1) is 0 Å². The lowest BCUT2D eigenvalue weighted by Gasteiger charge is -2.11. The van der Waals surface area contributed by atoms with E-state index in [1.54, 1.807) is 12.2 Å². The number of alkyl halides is 2. The Balaban J connectivity index is 2.89. The van der Waals surface area contributed by atoms with Crippen molar-refractivity contribution in [1.29, 1.82) is 0 Å². The molecule has 1 aromatic heterocycles. The van der Waals surface area contributed by atoms with Gasteiger partial charge >= 0.3 is 6.05 Å². The molecular formula is C8H11F2N3. The van der Waals surface area contributed by atoms with Gasteiger partial charge in [0.1, 0.15) is 0 Å². The van der Waals surface area contributed by atoms with Crippen molar-refractivity contribution >= 4 is 0 Å². The van der Waals surface area contributed by atoms with Crippen LogP contribution in [0.25, 0.3) is 0 Å². The summed E-state index contributed by atoms with van der Waals surface area (Å²) < 4.78 is 26.3. The largest absolute Gasteiger partial charge is 0.342 e. The molecule has 13 heavy (non-hydrogen) atoms. The molecule has 3 nitrogen and oxygen atoms in total. The first-order valence-corrected chi connectivity index (χ1v) is 3.94. The minimum atomic E-state index is -2.98. The molecule has 0 aliphatic rings. The average molecular weight is 187 g/mol. The summed E-state index contributed by atoms with van der Waals surface area (Å²) >= 11 is 0. The van der Waals surface area contributed by atoms with Crippen molar-refractivity contribution in [3.05, 3.63) is 24.0 Å². The smallest absolute Gasteiger partial charge is 0.185 e. The Morgan fingerprint density at radius 1 is 1.62 bits per heavy atom. The zero-order chi connectivity index (χ0) is 9.90. The van der Waals surface area contributed by atoms with E-state index in [0.29, 0.717) is 16.8 Å². The van der Waals surface area contributed by atoms with E-state index >= 15 is 0 Å². The molecule has 1 rings (SSSR count). The Bertz CT molecular complexity index is 299. The zero-order valence-corrected chi connectivity index (χ0v) is 7.54. The van der Waals surface area contributed by atoms with Gasteiger partial charge in [-0.05, 0) is 6.92 Å². The highest BCUT2D eigenvalue weighted by Gasteiger charge is 2.27. The summed E-state index contributed by atoms with van der Waals surface area (Å²) in [5.74, 6) is 0. The quantitative estimate of drug-likeness (QED) is 0.677. The molecule has 0 saturated carbocycles. The molecule has 5 heteroatoms. The number of aromatic nitrogens is 3. The Labute approximate surface area is 75.1 Å². The molecule has 0 aliphatic carbocycles. The second-order valence-corrected chi connectivity index (χ2v) is 2.75. The predicted molar refractivity (Wildman–Crippen MR) is 44.4 cm³/mol. The summed E-state index contributed by atoms with van der Waals surface area (Å²) in [6.07, 6.45) is 5.34. The number of hydrogen-bond acceptors (Lipinski definition) is 2. The van der Waals surface area contributed by atoms with Crippen LogP contribution in [-0.4, -0.2) is 15.0 Å². The minimum absolute atomic E-state index is 0.408. The maximum Gasteiger partial charge on any atom is 0.342 e. The van der Waals surface area contributed by atoms with E-state index in [0.717, 1.165) is 6.92 Å². The second kappa shape index (κ2) is 3.64. The lowest BCUT2D eigenvalue weighted by molar-refractivity contribution is -0.0757. The topological polar surface area (TPSA) is 30.7 Å². The summed E-state index contributed by atoms with van der Waals surface area (Å²) in [5.41, 5.74) is 0.408. The first-order chi connectivity index (χ1) is 6.05. The highest BCUT2D eigenvalue weighted by atomic mass is 19.3. The molecule has 0 bridgehead atoms. The van der Waals surface area contributed by atoms with Crippen LogP contribution >= 0.6 is 0 Å². The van der Waals surface area contributed by atoms with Crippen LogP contribution in [0.5, 0.6) is 0 Å². The van der Waals surface area contributed by atoms with Gasteiger partial charge in [-0.25, -0.2) is 0 Å². The zero-order valence-electron chi connectivity index (χ0n) is 7.54. The molecule has 0 aromatic carbocycles. The van der Waals surface area contributed by atoms with Crippen molar-refractivity contribution in [1.82, 2.24) is 15.0 Å². The van der Waals surface area contributed by atoms with E-state index in [9.17, 15) is 8.78 Å². The number of rotatable bonds is 3. The lowest BCUT2D eigenvalue weighted by atomic mass is 10.3. The summed E-state index contributed by atoms with van der Waals surface area (Å²) in [4.78, 5) is 0. The van der Waals surface area contributed by atoms with Gasteiger partial charge in [-0.1, -0.05) is 17.4 Å². The van der Waals surface area contributed by atoms with Crippen LogP contribution in [0.3, 0.4) is 0 Å². The normalized spacial score (nSPS) is 12.6. The third-order valence-electron chi connectivity index (χ3n) is 1.55. The molecule has 0 atom stereocenters. The second-order valence-electron chi connectivity index (χ2n) is 2.75. The predicted octanol–water partition coefficient (Wildman–Crippen LogP) is 1.97. The molecule has 72 valence electrons. The number of halogens is 2. The van der Waals surface area contributed by atoms with E-state index in [1.807, 2.05) is 6.92 Å². The van der Waals surface area contributed by atoms with Gasteiger partial charge in [0, 0.05) is 13.3 Å². The van der Waals surface area contributed by atoms with Gasteiger partial charge < -0.3 is 0 Å². The van der Waals surface area contributed by atoms with Crippen molar-refractivity contribution in [2.24, 2.45) is 0 Å². The monoisotopic (exact) mass is 187 g/mol. The van der Waals surface area contributed by atoms with Crippen LogP contribution in [0.1, 0.15) is 19.5 Å². The molecule has 1 aromatic rings. The van der Waals surface area contributed by atoms with Crippen molar-refractivity contribution in [3.63, 3.8) is 0 Å². The highest BCUT2D eigenvalue weighted by molar-refractivity contribution is 5.02. The number of nitrogens with zero attached hydrogens (tertiary/aromatic N) is 3. The molecule has 0 unspecified atom stereocenters. The maximum atomic E-state index is 12.8. The molecule has 0 N–H and O–H groups in total. The Morgan fingerprint density at radius 3 is 2.85 bits per heavy atom. The highest BCUT2D eigenvalue weighted by Crippen LogP contribution is 2.19. The fourth-order valence-corrected chi connectivity index (χ4v) is 0.965. The summed E-state index contributed by atoms with van der Waals surface area (Å²) in [6, 6.07) is -2.98. The first-order valence-electron chi connectivity index (χ1n) is 3.94. The van der Waals surface area contributed by atoms with Crippen LogP contribution in [-0.2, 0) is 12.5 Å². The van der Waals surface area contributed by atoms with Crippen LogP contribution in [0.4, 0.5) is 8.78 Å². The summed E-state index contributed by atoms with van der Waals surface area (Å²) in [5, 5.41) is 6.76. The fraction of sp³-hybridized carbons (Fsp3) is 0.500. The van der Waals surface area contributed by atoms with Crippen LogP contribution < -0.4 is 0 Å². The van der Waals surface area contributed by atoms with Crippen molar-refractivity contribution in [2.75, 3.05) is 0 Å². The van der Waals surface area contributed by atoms with Gasteiger partial charge in [0.25, 0.3) is 0 Å². The fourth-order valence-electron chi connectivity index (χ4n) is 0.965. The average Bonchev–Trinajstić information content (AvgIpc) is 2.47. The summed E-state index contributed by atoms with van der Waals surface area (Å²) in [7, 11) is 0. The van der Waals surface area contributed by atoms with Gasteiger partial charge in [0.15, 0.2) is 0 Å². The maximum absolute atomic E-state index is 12.8. The molecule has 0 fully saturated rings. The van der Waals surface area contributed by atoms with E-state index in [4.69, 9.17) is 0 Å². The van der Waals surface area contributed by atoms with Gasteiger partial charge in [0.2, 0.25) is 0 Å². The van der Waals surface area contributed by atoms with Crippen molar-refractivity contribution < 1.29 is 8.78 Å². The lowest BCUT2D eigenvalue weighted by Crippen LogP contribution is -2.22. The van der Waals surface area contributed by atoms with E-state index < -0.39 is 6.05 Å². The van der Waals surface area contributed by atoms with E-state index in [-0.39, 0.29) is 0 Å². The van der Waals surface area contributed by atoms with Crippen molar-refractivity contribution in [3.8, 4) is 0 Å². The third kappa shape index (κ3) is 2.34. The minimum Gasteiger partial charge on any atom is -0.185 e.